The highest BCUT2D eigenvalue weighted by Gasteiger charge is 2.39. The van der Waals surface area contributed by atoms with E-state index < -0.39 is 11.6 Å². The third-order valence-corrected chi connectivity index (χ3v) is 11.5. The van der Waals surface area contributed by atoms with Gasteiger partial charge in [0.15, 0.2) is 6.17 Å². The van der Waals surface area contributed by atoms with Crippen molar-refractivity contribution in [3.05, 3.63) is 186 Å². The molecule has 0 amide bonds. The first kappa shape index (κ1) is 30.8. The van der Waals surface area contributed by atoms with Crippen molar-refractivity contribution < 1.29 is 4.39 Å². The Bertz CT molecular complexity index is 3110. The molecule has 1 aliphatic rings. The van der Waals surface area contributed by atoms with Crippen LogP contribution in [0, 0.1) is 0 Å². The monoisotopic (exact) mass is 699 g/mol. The zero-order valence-corrected chi connectivity index (χ0v) is 29.8. The Morgan fingerprint density at radius 2 is 1.24 bits per heavy atom. The lowest BCUT2D eigenvalue weighted by molar-refractivity contribution is 0.402. The number of benzene rings is 6. The van der Waals surface area contributed by atoms with Crippen LogP contribution in [0.3, 0.4) is 0 Å². The van der Waals surface area contributed by atoms with Crippen molar-refractivity contribution >= 4 is 66.3 Å². The molecule has 1 atom stereocenters. The van der Waals surface area contributed by atoms with Crippen LogP contribution < -0.4 is 4.90 Å². The molecule has 1 aliphatic heterocycles. The number of hydrogen-bond acceptors (Lipinski definition) is 3. The summed E-state index contributed by atoms with van der Waals surface area (Å²) in [4.78, 5) is 11.8. The van der Waals surface area contributed by atoms with Gasteiger partial charge in [-0.25, -0.2) is 14.4 Å². The Hall–Kier alpha value is -6.79. The molecule has 0 aliphatic carbocycles. The molecule has 258 valence electrons. The maximum absolute atomic E-state index is 17.1. The van der Waals surface area contributed by atoms with E-state index in [1.807, 2.05) is 79.3 Å². The summed E-state index contributed by atoms with van der Waals surface area (Å²) in [5.74, 6) is 0.786. The largest absolute Gasteiger partial charge is 0.309 e. The Labute approximate surface area is 311 Å². The van der Waals surface area contributed by atoms with Gasteiger partial charge in [0.1, 0.15) is 11.5 Å². The molecule has 5 heterocycles. The number of aromatic nitrogens is 4. The van der Waals surface area contributed by atoms with E-state index in [-0.39, 0.29) is 0 Å². The third-order valence-electron chi connectivity index (χ3n) is 11.5. The molecular weight excluding hydrogens is 666 g/mol. The van der Waals surface area contributed by atoms with E-state index in [4.69, 9.17) is 9.97 Å². The van der Waals surface area contributed by atoms with Crippen molar-refractivity contribution in [2.75, 3.05) is 4.90 Å². The zero-order chi connectivity index (χ0) is 36.1. The number of imidazole rings is 1. The third kappa shape index (κ3) is 4.31. The van der Waals surface area contributed by atoms with Crippen LogP contribution >= 0.6 is 0 Å². The van der Waals surface area contributed by atoms with E-state index in [1.165, 1.54) is 10.9 Å². The van der Waals surface area contributed by atoms with Crippen LogP contribution in [0.15, 0.2) is 164 Å². The van der Waals surface area contributed by atoms with Gasteiger partial charge in [-0.3, -0.25) is 9.30 Å². The van der Waals surface area contributed by atoms with E-state index in [0.717, 1.165) is 72.2 Å². The van der Waals surface area contributed by atoms with Crippen LogP contribution in [-0.4, -0.2) is 18.9 Å². The number of rotatable bonds is 4. The van der Waals surface area contributed by atoms with Gasteiger partial charge in [-0.2, -0.15) is 0 Å². The van der Waals surface area contributed by atoms with Crippen molar-refractivity contribution in [1.29, 1.82) is 0 Å². The summed E-state index contributed by atoms with van der Waals surface area (Å²) in [6.07, 6.45) is 4.25. The molecule has 1 unspecified atom stereocenters. The maximum Gasteiger partial charge on any atom is 0.150 e. The topological polar surface area (TPSA) is 38.4 Å². The molecule has 0 spiro atoms. The van der Waals surface area contributed by atoms with Gasteiger partial charge < -0.3 is 4.57 Å². The Morgan fingerprint density at radius 3 is 2.06 bits per heavy atom. The molecule has 5 nitrogen and oxygen atoms in total. The summed E-state index contributed by atoms with van der Waals surface area (Å²) in [6, 6.07) is 50.2. The second-order valence-electron chi connectivity index (χ2n) is 14.8. The van der Waals surface area contributed by atoms with Crippen LogP contribution in [0.4, 0.5) is 21.6 Å². The number of alkyl halides is 1. The average molecular weight is 700 g/mol. The number of hydrogen-bond donors (Lipinski definition) is 0. The normalized spacial score (nSPS) is 14.2. The second-order valence-corrected chi connectivity index (χ2v) is 14.8. The first-order valence-corrected chi connectivity index (χ1v) is 18.4. The van der Waals surface area contributed by atoms with Gasteiger partial charge in [-0.05, 0) is 88.3 Å². The van der Waals surface area contributed by atoms with Crippen molar-refractivity contribution in [3.8, 4) is 5.69 Å². The Kier molecular flexibility index (Phi) is 6.48. The van der Waals surface area contributed by atoms with Gasteiger partial charge >= 0.3 is 0 Å². The summed E-state index contributed by atoms with van der Waals surface area (Å²) < 4.78 is 21.6. The average Bonchev–Trinajstić information content (AvgIpc) is 3.84. The summed E-state index contributed by atoms with van der Waals surface area (Å²) >= 11 is 0. The lowest BCUT2D eigenvalue weighted by atomic mass is 9.73. The fourth-order valence-electron chi connectivity index (χ4n) is 8.91. The number of para-hydroxylation sites is 3. The molecule has 0 N–H and O–H groups in total. The number of nitrogens with zero attached hydrogens (tertiary/aromatic N) is 5. The van der Waals surface area contributed by atoms with E-state index in [2.05, 4.69) is 113 Å². The highest BCUT2D eigenvalue weighted by atomic mass is 19.1. The summed E-state index contributed by atoms with van der Waals surface area (Å²) in [6.45, 7) is 4.55. The molecule has 6 aromatic carbocycles. The molecule has 4 aromatic heterocycles. The van der Waals surface area contributed by atoms with Gasteiger partial charge in [0.25, 0.3) is 0 Å². The van der Waals surface area contributed by atoms with Gasteiger partial charge in [0, 0.05) is 51.2 Å². The van der Waals surface area contributed by atoms with Crippen molar-refractivity contribution in [3.63, 3.8) is 0 Å². The maximum atomic E-state index is 17.1. The van der Waals surface area contributed by atoms with Crippen molar-refractivity contribution in [2.24, 2.45) is 0 Å². The van der Waals surface area contributed by atoms with E-state index >= 15 is 4.39 Å². The molecule has 6 heteroatoms. The Balaban J connectivity index is 1.11. The van der Waals surface area contributed by atoms with Crippen LogP contribution in [0.25, 0.3) is 54.8 Å². The highest BCUT2D eigenvalue weighted by molar-refractivity contribution is 6.13. The molecule has 54 heavy (non-hydrogen) atoms. The summed E-state index contributed by atoms with van der Waals surface area (Å²) in [5, 5.41) is 5.44. The van der Waals surface area contributed by atoms with E-state index in [0.29, 0.717) is 11.1 Å². The molecule has 0 saturated carbocycles. The standard InChI is InChI=1S/C48H34FN5/c1-48(2)38-22-20-31(46(49)30-19-21-33-34-14-6-8-16-40(34)52-25-24-51-47(52)37(33)26-30)27-43(38)54(45-18-10-11-23-50-45)44-28-36-35-15-7-9-17-41(35)53(42(36)29-39(44)48)32-12-4-3-5-13-32/h3-29,46H,1-2H3. The number of fused-ring (bicyclic) bond motifs is 11. The SMILES string of the molecule is CC1(C)c2ccc(C(F)c3ccc4c5ccccc5n5ccnc5c4c3)cc2N(c2ccccn2)c2cc3c4ccccc4n(-c4ccccc4)c3cc21. The van der Waals surface area contributed by atoms with Gasteiger partial charge in [0.05, 0.1) is 27.9 Å². The molecule has 0 radical (unpaired) electrons. The predicted molar refractivity (Wildman–Crippen MR) is 219 cm³/mol. The fourth-order valence-corrected chi connectivity index (χ4v) is 8.91. The van der Waals surface area contributed by atoms with Crippen LogP contribution in [0.2, 0.25) is 0 Å². The van der Waals surface area contributed by atoms with Gasteiger partial charge in [-0.15, -0.1) is 0 Å². The summed E-state index contributed by atoms with van der Waals surface area (Å²) in [5.41, 5.74) is 10.4. The molecular formula is C48H34FN5. The minimum Gasteiger partial charge on any atom is -0.309 e. The summed E-state index contributed by atoms with van der Waals surface area (Å²) in [7, 11) is 0. The number of pyridine rings is 2. The van der Waals surface area contributed by atoms with Crippen LogP contribution in [0.1, 0.15) is 42.3 Å². The fraction of sp³-hybridized carbons (Fsp3) is 0.0833. The molecule has 10 aromatic rings. The number of anilines is 3. The van der Waals surface area contributed by atoms with Gasteiger partial charge in [-0.1, -0.05) is 98.8 Å². The van der Waals surface area contributed by atoms with Crippen molar-refractivity contribution in [2.45, 2.75) is 25.4 Å². The first-order chi connectivity index (χ1) is 26.5. The van der Waals surface area contributed by atoms with Crippen LogP contribution in [0.5, 0.6) is 0 Å². The molecule has 0 bridgehead atoms. The minimum absolute atomic E-state index is 0.400. The van der Waals surface area contributed by atoms with Crippen molar-refractivity contribution in [1.82, 2.24) is 18.9 Å². The van der Waals surface area contributed by atoms with Crippen LogP contribution in [-0.2, 0) is 5.41 Å². The lowest BCUT2D eigenvalue weighted by Gasteiger charge is -2.42. The molecule has 0 fully saturated rings. The number of halogens is 1. The van der Waals surface area contributed by atoms with E-state index in [1.54, 1.807) is 0 Å². The predicted octanol–water partition coefficient (Wildman–Crippen LogP) is 12.3. The smallest absolute Gasteiger partial charge is 0.150 e. The zero-order valence-electron chi connectivity index (χ0n) is 29.8. The van der Waals surface area contributed by atoms with E-state index in [9.17, 15) is 0 Å². The molecule has 0 saturated heterocycles. The quantitative estimate of drug-likeness (QED) is 0.172. The second kappa shape index (κ2) is 11.4. The minimum atomic E-state index is -1.36. The highest BCUT2D eigenvalue weighted by Crippen LogP contribution is 2.54. The molecule has 11 rings (SSSR count). The first-order valence-electron chi connectivity index (χ1n) is 18.4. The van der Waals surface area contributed by atoms with Gasteiger partial charge in [0.2, 0.25) is 0 Å². The Morgan fingerprint density at radius 1 is 0.537 bits per heavy atom. The lowest BCUT2D eigenvalue weighted by Crippen LogP contribution is -2.31.